The van der Waals surface area contributed by atoms with Gasteiger partial charge in [-0.15, -0.1) is 0 Å². The van der Waals surface area contributed by atoms with E-state index in [1.165, 1.54) is 10.8 Å². The van der Waals surface area contributed by atoms with Crippen LogP contribution >= 0.6 is 8.38 Å². The van der Waals surface area contributed by atoms with Gasteiger partial charge in [0.05, 0.1) is 0 Å². The molecule has 0 spiro atoms. The van der Waals surface area contributed by atoms with Crippen LogP contribution in [0, 0.1) is 0 Å². The fraction of sp³-hybridized carbons (Fsp3) is 0.0909. The summed E-state index contributed by atoms with van der Waals surface area (Å²) >= 11 is 0. The molecule has 14 heavy (non-hydrogen) atoms. The van der Waals surface area contributed by atoms with Gasteiger partial charge in [0.15, 0.2) is 11.5 Å². The molecule has 2 nitrogen and oxygen atoms in total. The predicted octanol–water partition coefficient (Wildman–Crippen LogP) is 3.55. The van der Waals surface area contributed by atoms with Gasteiger partial charge >= 0.3 is 0 Å². The molecule has 0 atom stereocenters. The average molecular weight is 204 g/mol. The van der Waals surface area contributed by atoms with E-state index in [-0.39, 0.29) is 0 Å². The number of fused-ring (bicyclic) bond motifs is 2. The van der Waals surface area contributed by atoms with Crippen LogP contribution in [0.2, 0.25) is 0 Å². The Kier molecular flexibility index (Phi) is 1.65. The first-order valence-electron chi connectivity index (χ1n) is 4.45. The summed E-state index contributed by atoms with van der Waals surface area (Å²) in [5, 5.41) is 2.39. The third kappa shape index (κ3) is 1.15. The van der Waals surface area contributed by atoms with Gasteiger partial charge in [-0.3, -0.25) is 0 Å². The number of hydrogen-bond donors (Lipinski definition) is 0. The van der Waals surface area contributed by atoms with Gasteiger partial charge in [0, 0.05) is 6.66 Å². The standard InChI is InChI=1S/C11H9O2P/c1-14-12-10-6-8-4-2-3-5-9(8)7-11(10)13-14/h2-7H,1H3. The maximum absolute atomic E-state index is 5.56. The van der Waals surface area contributed by atoms with Crippen molar-refractivity contribution in [1.29, 1.82) is 0 Å². The van der Waals surface area contributed by atoms with Gasteiger partial charge in [0.25, 0.3) is 8.38 Å². The van der Waals surface area contributed by atoms with Gasteiger partial charge in [-0.1, -0.05) is 24.3 Å². The summed E-state index contributed by atoms with van der Waals surface area (Å²) < 4.78 is 11.1. The van der Waals surface area contributed by atoms with Crippen molar-refractivity contribution in [2.24, 2.45) is 0 Å². The Morgan fingerprint density at radius 3 is 1.93 bits per heavy atom. The van der Waals surface area contributed by atoms with Crippen molar-refractivity contribution in [2.45, 2.75) is 0 Å². The van der Waals surface area contributed by atoms with Crippen molar-refractivity contribution >= 4 is 19.1 Å². The Hall–Kier alpha value is -1.27. The van der Waals surface area contributed by atoms with Crippen molar-refractivity contribution in [1.82, 2.24) is 0 Å². The van der Waals surface area contributed by atoms with Gasteiger partial charge in [0.2, 0.25) is 0 Å². The average Bonchev–Trinajstić information content (AvgIpc) is 2.53. The second-order valence-corrected chi connectivity index (χ2v) is 4.51. The molecule has 2 aromatic carbocycles. The van der Waals surface area contributed by atoms with Crippen molar-refractivity contribution < 1.29 is 9.05 Å². The summed E-state index contributed by atoms with van der Waals surface area (Å²) in [6.07, 6.45) is 0. The van der Waals surface area contributed by atoms with E-state index < -0.39 is 8.38 Å². The molecule has 3 heteroatoms. The molecule has 1 aliphatic rings. The Bertz CT molecular complexity index is 451. The van der Waals surface area contributed by atoms with Crippen LogP contribution in [0.1, 0.15) is 0 Å². The van der Waals surface area contributed by atoms with Crippen LogP contribution in [0.3, 0.4) is 0 Å². The van der Waals surface area contributed by atoms with Crippen molar-refractivity contribution in [3.05, 3.63) is 36.4 Å². The lowest BCUT2D eigenvalue weighted by molar-refractivity contribution is 0.582. The smallest absolute Gasteiger partial charge is 0.287 e. The van der Waals surface area contributed by atoms with E-state index in [9.17, 15) is 0 Å². The van der Waals surface area contributed by atoms with E-state index in [0.29, 0.717) is 0 Å². The van der Waals surface area contributed by atoms with Crippen LogP contribution < -0.4 is 9.05 Å². The fourth-order valence-corrected chi connectivity index (χ4v) is 2.51. The Balaban J connectivity index is 2.27. The molecule has 0 saturated carbocycles. The topological polar surface area (TPSA) is 18.5 Å². The molecule has 0 aliphatic carbocycles. The third-order valence-corrected chi connectivity index (χ3v) is 3.17. The lowest BCUT2D eigenvalue weighted by atomic mass is 10.1. The maximum atomic E-state index is 5.56. The van der Waals surface area contributed by atoms with Gasteiger partial charge < -0.3 is 9.05 Å². The quantitative estimate of drug-likeness (QED) is 0.611. The van der Waals surface area contributed by atoms with E-state index in [1.807, 2.05) is 30.9 Å². The summed E-state index contributed by atoms with van der Waals surface area (Å²) in [5.41, 5.74) is 0. The minimum Gasteiger partial charge on any atom is -0.435 e. The highest BCUT2D eigenvalue weighted by Crippen LogP contribution is 2.51. The Labute approximate surface area is 83.4 Å². The zero-order valence-electron chi connectivity index (χ0n) is 7.73. The summed E-state index contributed by atoms with van der Waals surface area (Å²) in [7, 11) is -0.754. The van der Waals surface area contributed by atoms with Crippen LogP contribution in [0.4, 0.5) is 0 Å². The molecule has 3 rings (SSSR count). The first-order valence-corrected chi connectivity index (χ1v) is 6.08. The summed E-state index contributed by atoms with van der Waals surface area (Å²) in [6.45, 7) is 1.96. The van der Waals surface area contributed by atoms with E-state index in [2.05, 4.69) is 12.1 Å². The zero-order chi connectivity index (χ0) is 9.54. The van der Waals surface area contributed by atoms with Crippen LogP contribution in [-0.2, 0) is 0 Å². The highest BCUT2D eigenvalue weighted by atomic mass is 31.2. The largest absolute Gasteiger partial charge is 0.435 e. The van der Waals surface area contributed by atoms with E-state index in [1.54, 1.807) is 0 Å². The Morgan fingerprint density at radius 2 is 1.43 bits per heavy atom. The van der Waals surface area contributed by atoms with E-state index in [4.69, 9.17) is 9.05 Å². The van der Waals surface area contributed by atoms with Gasteiger partial charge in [0.1, 0.15) is 0 Å². The molecule has 0 radical (unpaired) electrons. The fourth-order valence-electron chi connectivity index (χ4n) is 1.64. The number of hydrogen-bond acceptors (Lipinski definition) is 2. The lowest BCUT2D eigenvalue weighted by Crippen LogP contribution is -1.78. The highest BCUT2D eigenvalue weighted by Gasteiger charge is 2.21. The van der Waals surface area contributed by atoms with Crippen molar-refractivity contribution in [3.8, 4) is 11.5 Å². The predicted molar refractivity (Wildman–Crippen MR) is 58.0 cm³/mol. The molecule has 0 fully saturated rings. The maximum Gasteiger partial charge on any atom is 0.287 e. The molecule has 0 N–H and O–H groups in total. The monoisotopic (exact) mass is 204 g/mol. The van der Waals surface area contributed by atoms with E-state index in [0.717, 1.165) is 11.5 Å². The van der Waals surface area contributed by atoms with Gasteiger partial charge in [-0.25, -0.2) is 0 Å². The molecule has 70 valence electrons. The SMILES string of the molecule is CP1Oc2cc3ccccc3cc2O1. The minimum atomic E-state index is -0.754. The van der Waals surface area contributed by atoms with Crippen LogP contribution in [-0.4, -0.2) is 6.66 Å². The molecule has 0 amide bonds. The van der Waals surface area contributed by atoms with Gasteiger partial charge in [-0.05, 0) is 22.9 Å². The Morgan fingerprint density at radius 1 is 0.929 bits per heavy atom. The van der Waals surface area contributed by atoms with E-state index >= 15 is 0 Å². The normalized spacial score (nSPS) is 14.9. The van der Waals surface area contributed by atoms with Crippen LogP contribution in [0.15, 0.2) is 36.4 Å². The third-order valence-electron chi connectivity index (χ3n) is 2.27. The first kappa shape index (κ1) is 8.07. The minimum absolute atomic E-state index is 0.754. The molecule has 2 aromatic rings. The molecular formula is C11H9O2P. The molecule has 0 bridgehead atoms. The van der Waals surface area contributed by atoms with Crippen LogP contribution in [0.5, 0.6) is 11.5 Å². The van der Waals surface area contributed by atoms with Crippen molar-refractivity contribution in [2.75, 3.05) is 6.66 Å². The number of rotatable bonds is 0. The zero-order valence-corrected chi connectivity index (χ0v) is 8.62. The summed E-state index contributed by atoms with van der Waals surface area (Å²) in [4.78, 5) is 0. The van der Waals surface area contributed by atoms with Gasteiger partial charge in [-0.2, -0.15) is 0 Å². The molecule has 0 aromatic heterocycles. The van der Waals surface area contributed by atoms with Crippen LogP contribution in [0.25, 0.3) is 10.8 Å². The second kappa shape index (κ2) is 2.86. The molecule has 1 aliphatic heterocycles. The molecule has 0 saturated heterocycles. The summed E-state index contributed by atoms with van der Waals surface area (Å²) in [5.74, 6) is 1.75. The molecule has 0 unspecified atom stereocenters. The second-order valence-electron chi connectivity index (χ2n) is 3.27. The first-order chi connectivity index (χ1) is 6.83. The summed E-state index contributed by atoms with van der Waals surface area (Å²) in [6, 6.07) is 12.3. The molecular weight excluding hydrogens is 195 g/mol. The highest BCUT2D eigenvalue weighted by molar-refractivity contribution is 7.47. The molecule has 1 heterocycles. The lowest BCUT2D eigenvalue weighted by Gasteiger charge is -1.98. The number of benzene rings is 2. The van der Waals surface area contributed by atoms with Crippen molar-refractivity contribution in [3.63, 3.8) is 0 Å².